The zero-order valence-electron chi connectivity index (χ0n) is 9.65. The van der Waals surface area contributed by atoms with Crippen LogP contribution in [0.1, 0.15) is 5.56 Å². The number of fused-ring (bicyclic) bond motifs is 1. The molecule has 1 aromatic carbocycles. The highest BCUT2D eigenvalue weighted by molar-refractivity contribution is 5.52. The summed E-state index contributed by atoms with van der Waals surface area (Å²) in [7, 11) is 0. The quantitative estimate of drug-likeness (QED) is 0.759. The third-order valence-corrected chi connectivity index (χ3v) is 2.58. The Morgan fingerprint density at radius 1 is 1.22 bits per heavy atom. The van der Waals surface area contributed by atoms with Gasteiger partial charge in [0.15, 0.2) is 0 Å². The molecule has 0 aliphatic heterocycles. The van der Waals surface area contributed by atoms with E-state index >= 15 is 0 Å². The lowest BCUT2D eigenvalue weighted by Crippen LogP contribution is -2.02. The van der Waals surface area contributed by atoms with Crippen LogP contribution in [0, 0.1) is 0 Å². The summed E-state index contributed by atoms with van der Waals surface area (Å²) >= 11 is 0. The minimum absolute atomic E-state index is 0.406. The van der Waals surface area contributed by atoms with Gasteiger partial charge in [0.2, 0.25) is 5.65 Å². The van der Waals surface area contributed by atoms with Crippen molar-refractivity contribution in [3.63, 3.8) is 0 Å². The molecule has 0 spiro atoms. The topological polar surface area (TPSA) is 65.4 Å². The summed E-state index contributed by atoms with van der Waals surface area (Å²) in [6.45, 7) is 0.444. The summed E-state index contributed by atoms with van der Waals surface area (Å²) in [6.07, 6.45) is 5.20. The second-order valence-electron chi connectivity index (χ2n) is 3.90. The number of hydrogen-bond donors (Lipinski definition) is 1. The lowest BCUT2D eigenvalue weighted by molar-refractivity contribution is 0.296. The number of rotatable bonds is 3. The molecule has 2 aromatic heterocycles. The summed E-state index contributed by atoms with van der Waals surface area (Å²) in [4.78, 5) is 8.35. The zero-order valence-corrected chi connectivity index (χ0v) is 9.65. The minimum atomic E-state index is 0.406. The van der Waals surface area contributed by atoms with Gasteiger partial charge in [-0.2, -0.15) is 4.98 Å². The van der Waals surface area contributed by atoms with E-state index in [4.69, 9.17) is 10.5 Å². The van der Waals surface area contributed by atoms with Gasteiger partial charge in [-0.05, 0) is 5.56 Å². The second-order valence-corrected chi connectivity index (χ2v) is 3.90. The molecule has 0 amide bonds. The van der Waals surface area contributed by atoms with Crippen molar-refractivity contribution in [3.8, 4) is 5.88 Å². The van der Waals surface area contributed by atoms with Crippen LogP contribution in [0.4, 0.5) is 5.82 Å². The fraction of sp³-hybridized carbons (Fsp3) is 0.0769. The molecule has 0 aliphatic carbocycles. The number of hydrogen-bond acceptors (Lipinski definition) is 4. The van der Waals surface area contributed by atoms with E-state index in [1.807, 2.05) is 36.5 Å². The molecule has 5 nitrogen and oxygen atoms in total. The van der Waals surface area contributed by atoms with Gasteiger partial charge in [-0.1, -0.05) is 30.3 Å². The largest absolute Gasteiger partial charge is 0.470 e. The molecule has 18 heavy (non-hydrogen) atoms. The molecular weight excluding hydrogens is 228 g/mol. The Morgan fingerprint density at radius 3 is 2.89 bits per heavy atom. The summed E-state index contributed by atoms with van der Waals surface area (Å²) in [5, 5.41) is 0. The first-order valence-electron chi connectivity index (χ1n) is 5.59. The number of ether oxygens (including phenoxy) is 1. The molecule has 0 bridgehead atoms. The Hall–Kier alpha value is -2.56. The number of imidazole rings is 1. The molecule has 0 saturated carbocycles. The van der Waals surface area contributed by atoms with Crippen molar-refractivity contribution in [2.45, 2.75) is 6.61 Å². The van der Waals surface area contributed by atoms with Crippen molar-refractivity contribution in [2.75, 3.05) is 5.73 Å². The van der Waals surface area contributed by atoms with E-state index in [1.165, 1.54) is 0 Å². The maximum atomic E-state index is 5.71. The maximum Gasteiger partial charge on any atom is 0.260 e. The first-order chi connectivity index (χ1) is 8.83. The van der Waals surface area contributed by atoms with Crippen LogP contribution in [0.5, 0.6) is 5.88 Å². The molecule has 0 saturated heterocycles. The van der Waals surface area contributed by atoms with Crippen LogP contribution < -0.4 is 10.5 Å². The van der Waals surface area contributed by atoms with Gasteiger partial charge in [-0.25, -0.2) is 4.98 Å². The highest BCUT2D eigenvalue weighted by Gasteiger charge is 2.07. The molecule has 0 aliphatic rings. The smallest absolute Gasteiger partial charge is 0.260 e. The Labute approximate surface area is 104 Å². The van der Waals surface area contributed by atoms with E-state index in [0.29, 0.717) is 24.0 Å². The van der Waals surface area contributed by atoms with Gasteiger partial charge >= 0.3 is 0 Å². The third kappa shape index (κ3) is 1.98. The summed E-state index contributed by atoms with van der Waals surface area (Å²) < 4.78 is 7.46. The normalized spacial score (nSPS) is 10.7. The first-order valence-corrected chi connectivity index (χ1v) is 5.59. The van der Waals surface area contributed by atoms with Gasteiger partial charge in [0.25, 0.3) is 5.88 Å². The molecule has 5 heteroatoms. The van der Waals surface area contributed by atoms with Crippen LogP contribution in [0.25, 0.3) is 5.65 Å². The second kappa shape index (κ2) is 4.37. The zero-order chi connectivity index (χ0) is 12.4. The Balaban J connectivity index is 1.88. The van der Waals surface area contributed by atoms with Gasteiger partial charge in [0, 0.05) is 12.4 Å². The number of nitrogens with two attached hydrogens (primary N) is 1. The van der Waals surface area contributed by atoms with Gasteiger partial charge < -0.3 is 10.5 Å². The molecule has 3 rings (SSSR count). The standard InChI is InChI=1S/C13H12N4O/c14-11-8-17-7-6-15-12(17)13(16-11)18-9-10-4-2-1-3-5-10/h1-8H,9,14H2. The average molecular weight is 240 g/mol. The van der Waals surface area contributed by atoms with Crippen LogP contribution in [0.15, 0.2) is 48.9 Å². The van der Waals surface area contributed by atoms with Crippen molar-refractivity contribution >= 4 is 11.5 Å². The first kappa shape index (κ1) is 10.6. The lowest BCUT2D eigenvalue weighted by Gasteiger charge is -2.07. The van der Waals surface area contributed by atoms with Crippen LogP contribution >= 0.6 is 0 Å². The molecule has 0 fully saturated rings. The number of nitrogens with zero attached hydrogens (tertiary/aromatic N) is 3. The molecule has 0 unspecified atom stereocenters. The van der Waals surface area contributed by atoms with Gasteiger partial charge in [0.1, 0.15) is 12.4 Å². The molecule has 3 aromatic rings. The molecular formula is C13H12N4O. The predicted octanol–water partition coefficient (Wildman–Crippen LogP) is 1.89. The molecule has 2 heterocycles. The Kier molecular flexibility index (Phi) is 2.57. The molecule has 0 radical (unpaired) electrons. The van der Waals surface area contributed by atoms with E-state index in [1.54, 1.807) is 16.8 Å². The third-order valence-electron chi connectivity index (χ3n) is 2.58. The highest BCUT2D eigenvalue weighted by Crippen LogP contribution is 2.18. The summed E-state index contributed by atoms with van der Waals surface area (Å²) in [6, 6.07) is 9.90. The van der Waals surface area contributed by atoms with E-state index in [9.17, 15) is 0 Å². The van der Waals surface area contributed by atoms with E-state index < -0.39 is 0 Å². The average Bonchev–Trinajstić information content (AvgIpc) is 2.85. The fourth-order valence-corrected chi connectivity index (χ4v) is 1.74. The monoisotopic (exact) mass is 240 g/mol. The molecule has 0 atom stereocenters. The molecule has 2 N–H and O–H groups in total. The van der Waals surface area contributed by atoms with Crippen LogP contribution in [0.3, 0.4) is 0 Å². The van der Waals surface area contributed by atoms with E-state index in [-0.39, 0.29) is 0 Å². The number of benzene rings is 1. The van der Waals surface area contributed by atoms with Gasteiger partial charge in [-0.3, -0.25) is 4.40 Å². The Morgan fingerprint density at radius 2 is 2.06 bits per heavy atom. The van der Waals surface area contributed by atoms with Crippen LogP contribution in [-0.4, -0.2) is 14.4 Å². The molecule has 90 valence electrons. The minimum Gasteiger partial charge on any atom is -0.470 e. The lowest BCUT2D eigenvalue weighted by atomic mass is 10.2. The van der Waals surface area contributed by atoms with Crippen LogP contribution in [0.2, 0.25) is 0 Å². The highest BCUT2D eigenvalue weighted by atomic mass is 16.5. The number of aromatic nitrogens is 3. The van der Waals surface area contributed by atoms with Crippen LogP contribution in [-0.2, 0) is 6.61 Å². The number of nitrogen functional groups attached to an aromatic ring is 1. The van der Waals surface area contributed by atoms with Gasteiger partial charge in [-0.15, -0.1) is 0 Å². The van der Waals surface area contributed by atoms with Crippen molar-refractivity contribution < 1.29 is 4.74 Å². The maximum absolute atomic E-state index is 5.71. The van der Waals surface area contributed by atoms with E-state index in [0.717, 1.165) is 5.56 Å². The fourth-order valence-electron chi connectivity index (χ4n) is 1.74. The SMILES string of the molecule is Nc1cn2ccnc2c(OCc2ccccc2)n1. The van der Waals surface area contributed by atoms with Crippen molar-refractivity contribution in [1.29, 1.82) is 0 Å². The number of anilines is 1. The summed E-state index contributed by atoms with van der Waals surface area (Å²) in [5.41, 5.74) is 7.46. The van der Waals surface area contributed by atoms with Crippen molar-refractivity contribution in [3.05, 3.63) is 54.5 Å². The van der Waals surface area contributed by atoms with Crippen molar-refractivity contribution in [1.82, 2.24) is 14.4 Å². The van der Waals surface area contributed by atoms with Crippen molar-refractivity contribution in [2.24, 2.45) is 0 Å². The predicted molar refractivity (Wildman–Crippen MR) is 68.2 cm³/mol. The summed E-state index contributed by atoms with van der Waals surface area (Å²) in [5.74, 6) is 0.854. The van der Waals surface area contributed by atoms with Gasteiger partial charge in [0.05, 0.1) is 6.20 Å². The van der Waals surface area contributed by atoms with E-state index in [2.05, 4.69) is 9.97 Å². The Bertz CT molecular complexity index is 663.